The second kappa shape index (κ2) is 11.1. The lowest BCUT2D eigenvalue weighted by atomic mass is 9.74. The third kappa shape index (κ3) is 5.80. The predicted molar refractivity (Wildman–Crippen MR) is 133 cm³/mol. The highest BCUT2D eigenvalue weighted by atomic mass is 19.1. The zero-order chi connectivity index (χ0) is 24.8. The fraction of sp³-hybridized carbons (Fsp3) is 0.429. The summed E-state index contributed by atoms with van der Waals surface area (Å²) in [5.74, 6) is -0.897. The molecule has 4 rings (SSSR count). The molecule has 3 aromatic rings. The molecule has 2 aromatic carbocycles. The topological polar surface area (TPSA) is 82.9 Å². The van der Waals surface area contributed by atoms with Crippen LogP contribution in [0, 0.1) is 11.2 Å². The molecule has 1 aromatic heterocycles. The maximum absolute atomic E-state index is 14.7. The van der Waals surface area contributed by atoms with Gasteiger partial charge in [0.1, 0.15) is 11.6 Å². The van der Waals surface area contributed by atoms with E-state index >= 15 is 0 Å². The molecule has 0 aliphatic carbocycles. The summed E-state index contributed by atoms with van der Waals surface area (Å²) in [4.78, 5) is 18.7. The Morgan fingerprint density at radius 1 is 1.20 bits per heavy atom. The van der Waals surface area contributed by atoms with Gasteiger partial charge in [-0.05, 0) is 81.9 Å². The Morgan fingerprint density at radius 2 is 1.94 bits per heavy atom. The molecule has 1 aliphatic rings. The molecular formula is C28H33FN2O4. The van der Waals surface area contributed by atoms with Gasteiger partial charge in [0.15, 0.2) is 0 Å². The van der Waals surface area contributed by atoms with Gasteiger partial charge in [0, 0.05) is 10.9 Å². The summed E-state index contributed by atoms with van der Waals surface area (Å²) in [6.45, 7) is 2.35. The number of carbonyl (C=O) groups is 1. The van der Waals surface area contributed by atoms with Crippen LogP contribution in [0.25, 0.3) is 10.9 Å². The van der Waals surface area contributed by atoms with E-state index in [0.717, 1.165) is 25.6 Å². The quantitative estimate of drug-likeness (QED) is 0.425. The van der Waals surface area contributed by atoms with E-state index in [1.165, 1.54) is 12.7 Å². The second-order valence-corrected chi connectivity index (χ2v) is 9.47. The van der Waals surface area contributed by atoms with Gasteiger partial charge in [-0.2, -0.15) is 0 Å². The molecule has 35 heavy (non-hydrogen) atoms. The van der Waals surface area contributed by atoms with E-state index in [2.05, 4.69) is 22.0 Å². The molecule has 2 N–H and O–H groups in total. The van der Waals surface area contributed by atoms with E-state index in [-0.39, 0.29) is 18.4 Å². The zero-order valence-electron chi connectivity index (χ0n) is 20.1. The summed E-state index contributed by atoms with van der Waals surface area (Å²) >= 11 is 0. The van der Waals surface area contributed by atoms with Crippen LogP contribution < -0.4 is 4.74 Å². The molecule has 1 aliphatic heterocycles. The van der Waals surface area contributed by atoms with Gasteiger partial charge in [0.2, 0.25) is 0 Å². The number of hydrogen-bond donors (Lipinski definition) is 2. The van der Waals surface area contributed by atoms with E-state index in [1.807, 2.05) is 18.2 Å². The molecule has 0 bridgehead atoms. The summed E-state index contributed by atoms with van der Waals surface area (Å²) in [5, 5.41) is 21.5. The summed E-state index contributed by atoms with van der Waals surface area (Å²) in [6, 6.07) is 15.5. The van der Waals surface area contributed by atoms with Crippen LogP contribution in [0.3, 0.4) is 0 Å². The number of fused-ring (bicyclic) bond motifs is 1. The van der Waals surface area contributed by atoms with Crippen molar-refractivity contribution in [3.8, 4) is 5.75 Å². The lowest BCUT2D eigenvalue weighted by Gasteiger charge is -2.39. The highest BCUT2D eigenvalue weighted by molar-refractivity contribution is 5.84. The Morgan fingerprint density at radius 3 is 2.63 bits per heavy atom. The number of carboxylic acids is 1. The maximum Gasteiger partial charge on any atom is 0.309 e. The van der Waals surface area contributed by atoms with Crippen molar-refractivity contribution < 1.29 is 24.1 Å². The molecule has 0 amide bonds. The molecule has 1 saturated heterocycles. The van der Waals surface area contributed by atoms with Gasteiger partial charge in [0.05, 0.1) is 30.3 Å². The minimum atomic E-state index is -1.13. The molecule has 7 heteroatoms. The molecule has 2 heterocycles. The van der Waals surface area contributed by atoms with Crippen molar-refractivity contribution in [2.45, 2.75) is 44.6 Å². The molecular weight excluding hydrogens is 447 g/mol. The Balaban J connectivity index is 1.38. The van der Waals surface area contributed by atoms with Crippen LogP contribution in [0.5, 0.6) is 5.75 Å². The number of rotatable bonds is 10. The summed E-state index contributed by atoms with van der Waals surface area (Å²) < 4.78 is 20.0. The van der Waals surface area contributed by atoms with Crippen molar-refractivity contribution >= 4 is 16.9 Å². The number of aliphatic hydroxyl groups excluding tert-OH is 1. The number of nitrogens with zero attached hydrogens (tertiary/aromatic N) is 2. The van der Waals surface area contributed by atoms with Gasteiger partial charge >= 0.3 is 5.97 Å². The second-order valence-electron chi connectivity index (χ2n) is 9.47. The molecule has 1 fully saturated rings. The third-order valence-electron chi connectivity index (χ3n) is 7.35. The van der Waals surface area contributed by atoms with Crippen LogP contribution >= 0.6 is 0 Å². The minimum Gasteiger partial charge on any atom is -0.497 e. The summed E-state index contributed by atoms with van der Waals surface area (Å²) in [5.41, 5.74) is 1.10. The maximum atomic E-state index is 14.7. The van der Waals surface area contributed by atoms with Crippen molar-refractivity contribution in [3.63, 3.8) is 0 Å². The normalized spacial score (nSPS) is 16.8. The average Bonchev–Trinajstić information content (AvgIpc) is 2.88. The number of carboxylic acid groups (broad SMARTS) is 1. The average molecular weight is 481 g/mol. The standard InChI is InChI=1S/C28H33FN2O4/c1-35-21-9-10-24-22(18-21)26(23(29)19-30-24)25(32)11-12-28(27(33)34)13-16-31(17-14-28)15-5-8-20-6-3-2-4-7-20/h2-4,6-7,9-10,18-19,25,32H,5,8,11-17H2,1H3,(H,33,34)/t25-/m0/s1. The highest BCUT2D eigenvalue weighted by Gasteiger charge is 2.41. The van der Waals surface area contributed by atoms with Crippen LogP contribution in [0.15, 0.2) is 54.7 Å². The molecule has 0 unspecified atom stereocenters. The lowest BCUT2D eigenvalue weighted by Crippen LogP contribution is -2.44. The van der Waals surface area contributed by atoms with E-state index < -0.39 is 23.3 Å². The number of aliphatic carboxylic acids is 1. The lowest BCUT2D eigenvalue weighted by molar-refractivity contribution is -0.153. The van der Waals surface area contributed by atoms with Gasteiger partial charge < -0.3 is 19.8 Å². The summed E-state index contributed by atoms with van der Waals surface area (Å²) in [6.07, 6.45) is 3.50. The van der Waals surface area contributed by atoms with Gasteiger partial charge in [0.25, 0.3) is 0 Å². The minimum absolute atomic E-state index is 0.146. The molecule has 0 spiro atoms. The number of halogens is 1. The van der Waals surface area contributed by atoms with Crippen molar-refractivity contribution in [1.82, 2.24) is 9.88 Å². The highest BCUT2D eigenvalue weighted by Crippen LogP contribution is 2.40. The first-order valence-corrected chi connectivity index (χ1v) is 12.2. The van der Waals surface area contributed by atoms with Crippen molar-refractivity contribution in [3.05, 3.63) is 71.7 Å². The van der Waals surface area contributed by atoms with Crippen LogP contribution in [0.4, 0.5) is 4.39 Å². The number of ether oxygens (including phenoxy) is 1. The Kier molecular flexibility index (Phi) is 7.98. The molecule has 186 valence electrons. The fourth-order valence-corrected chi connectivity index (χ4v) is 5.12. The number of hydrogen-bond acceptors (Lipinski definition) is 5. The van der Waals surface area contributed by atoms with Gasteiger partial charge in [-0.15, -0.1) is 0 Å². The van der Waals surface area contributed by atoms with E-state index in [9.17, 15) is 19.4 Å². The Bertz CT molecular complexity index is 1150. The van der Waals surface area contributed by atoms with Crippen molar-refractivity contribution in [2.24, 2.45) is 5.41 Å². The van der Waals surface area contributed by atoms with Crippen molar-refractivity contribution in [2.75, 3.05) is 26.7 Å². The van der Waals surface area contributed by atoms with Crippen LogP contribution in [-0.4, -0.2) is 52.8 Å². The largest absolute Gasteiger partial charge is 0.497 e. The number of aryl methyl sites for hydroxylation is 1. The Labute approximate surface area is 205 Å². The first-order valence-electron chi connectivity index (χ1n) is 12.2. The number of likely N-dealkylation sites (tertiary alicyclic amines) is 1. The molecule has 0 saturated carbocycles. The van der Waals surface area contributed by atoms with Crippen molar-refractivity contribution in [1.29, 1.82) is 0 Å². The number of piperidine rings is 1. The number of pyridine rings is 1. The van der Waals surface area contributed by atoms with Gasteiger partial charge in [-0.25, -0.2) is 4.39 Å². The smallest absolute Gasteiger partial charge is 0.309 e. The number of aromatic nitrogens is 1. The summed E-state index contributed by atoms with van der Waals surface area (Å²) in [7, 11) is 1.52. The Hall–Kier alpha value is -3.03. The van der Waals surface area contributed by atoms with E-state index in [1.54, 1.807) is 18.2 Å². The molecule has 0 radical (unpaired) electrons. The SMILES string of the molecule is COc1ccc2ncc(F)c([C@@H](O)CCC3(C(=O)O)CCN(CCCc4ccccc4)CC3)c2c1. The van der Waals surface area contributed by atoms with Crippen LogP contribution in [0.2, 0.25) is 0 Å². The molecule has 6 nitrogen and oxygen atoms in total. The van der Waals surface area contributed by atoms with Gasteiger partial charge in [-0.1, -0.05) is 30.3 Å². The monoisotopic (exact) mass is 480 g/mol. The fourth-order valence-electron chi connectivity index (χ4n) is 5.12. The van der Waals surface area contributed by atoms with E-state index in [4.69, 9.17) is 4.74 Å². The first-order chi connectivity index (χ1) is 16.9. The number of methoxy groups -OCH3 is 1. The predicted octanol–water partition coefficient (Wildman–Crippen LogP) is 5.00. The number of aliphatic hydroxyl groups is 1. The third-order valence-corrected chi connectivity index (χ3v) is 7.35. The zero-order valence-corrected chi connectivity index (χ0v) is 20.1. The van der Waals surface area contributed by atoms with Crippen LogP contribution in [0.1, 0.15) is 49.3 Å². The van der Waals surface area contributed by atoms with Crippen LogP contribution in [-0.2, 0) is 11.2 Å². The van der Waals surface area contributed by atoms with Gasteiger partial charge in [-0.3, -0.25) is 9.78 Å². The van der Waals surface area contributed by atoms with E-state index in [0.29, 0.717) is 42.6 Å². The molecule has 1 atom stereocenters. The number of benzene rings is 2. The first kappa shape index (κ1) is 25.1.